The number of nitrogens with zero attached hydrogens (tertiary/aromatic N) is 1. The number of amides is 1. The van der Waals surface area contributed by atoms with Crippen LogP contribution < -0.4 is 10.9 Å². The fourth-order valence-corrected chi connectivity index (χ4v) is 3.93. The van der Waals surface area contributed by atoms with Gasteiger partial charge in [-0.1, -0.05) is 32.0 Å². The van der Waals surface area contributed by atoms with Crippen LogP contribution in [0.25, 0.3) is 11.0 Å². The van der Waals surface area contributed by atoms with Gasteiger partial charge in [0.1, 0.15) is 5.58 Å². The van der Waals surface area contributed by atoms with Crippen LogP contribution in [0.3, 0.4) is 0 Å². The van der Waals surface area contributed by atoms with Crippen molar-refractivity contribution in [1.82, 2.24) is 4.90 Å². The first-order valence-electron chi connectivity index (χ1n) is 10.3. The van der Waals surface area contributed by atoms with Crippen LogP contribution in [0.4, 0.5) is 5.69 Å². The molecular formula is C25H30N2O3. The summed E-state index contributed by atoms with van der Waals surface area (Å²) in [5.74, 6) is 0.288. The molecule has 1 amide bonds. The predicted molar refractivity (Wildman–Crippen MR) is 122 cm³/mol. The van der Waals surface area contributed by atoms with Crippen molar-refractivity contribution in [2.24, 2.45) is 0 Å². The molecule has 2 aromatic carbocycles. The highest BCUT2D eigenvalue weighted by Crippen LogP contribution is 2.27. The Hall–Kier alpha value is -2.92. The Morgan fingerprint density at radius 3 is 2.37 bits per heavy atom. The molecule has 3 aromatic rings. The summed E-state index contributed by atoms with van der Waals surface area (Å²) < 4.78 is 5.43. The fourth-order valence-electron chi connectivity index (χ4n) is 3.93. The number of carbonyl (C=O) groups excluding carboxylic acids is 1. The first-order chi connectivity index (χ1) is 14.2. The predicted octanol–water partition coefficient (Wildman–Crippen LogP) is 4.91. The maximum atomic E-state index is 12.6. The number of rotatable bonds is 6. The van der Waals surface area contributed by atoms with Crippen molar-refractivity contribution >= 4 is 22.6 Å². The Labute approximate surface area is 177 Å². The summed E-state index contributed by atoms with van der Waals surface area (Å²) in [6, 6.07) is 11.5. The number of carbonyl (C=O) groups is 1. The summed E-state index contributed by atoms with van der Waals surface area (Å²) in [7, 11) is 1.88. The second kappa shape index (κ2) is 8.84. The van der Waals surface area contributed by atoms with Gasteiger partial charge < -0.3 is 9.73 Å². The van der Waals surface area contributed by atoms with Crippen LogP contribution in [0.1, 0.15) is 47.6 Å². The summed E-state index contributed by atoms with van der Waals surface area (Å²) in [5.41, 5.74) is 6.36. The minimum Gasteiger partial charge on any atom is -0.423 e. The lowest BCUT2D eigenvalue weighted by molar-refractivity contribution is -0.117. The third-order valence-electron chi connectivity index (χ3n) is 5.44. The van der Waals surface area contributed by atoms with E-state index < -0.39 is 0 Å². The summed E-state index contributed by atoms with van der Waals surface area (Å²) >= 11 is 0. The van der Waals surface area contributed by atoms with Crippen molar-refractivity contribution in [2.45, 2.75) is 47.1 Å². The van der Waals surface area contributed by atoms with Gasteiger partial charge in [0.05, 0.1) is 6.54 Å². The zero-order valence-electron chi connectivity index (χ0n) is 18.6. The Balaban J connectivity index is 1.82. The molecule has 5 heteroatoms. The summed E-state index contributed by atoms with van der Waals surface area (Å²) in [6.45, 7) is 11.0. The molecule has 0 radical (unpaired) electrons. The Bertz CT molecular complexity index is 1120. The van der Waals surface area contributed by atoms with Crippen molar-refractivity contribution in [3.63, 3.8) is 0 Å². The molecule has 1 heterocycles. The van der Waals surface area contributed by atoms with E-state index in [2.05, 4.69) is 25.2 Å². The van der Waals surface area contributed by atoms with E-state index in [-0.39, 0.29) is 18.1 Å². The van der Waals surface area contributed by atoms with E-state index in [1.54, 1.807) is 0 Å². The molecule has 0 atom stereocenters. The zero-order valence-corrected chi connectivity index (χ0v) is 18.6. The summed E-state index contributed by atoms with van der Waals surface area (Å²) in [6.07, 6.45) is 0. The van der Waals surface area contributed by atoms with Gasteiger partial charge in [-0.3, -0.25) is 9.69 Å². The van der Waals surface area contributed by atoms with Crippen molar-refractivity contribution < 1.29 is 9.21 Å². The van der Waals surface area contributed by atoms with E-state index in [1.807, 2.05) is 57.0 Å². The van der Waals surface area contributed by atoms with Gasteiger partial charge in [0.25, 0.3) is 0 Å². The monoisotopic (exact) mass is 406 g/mol. The minimum absolute atomic E-state index is 0.0825. The van der Waals surface area contributed by atoms with Gasteiger partial charge in [-0.15, -0.1) is 0 Å². The smallest absolute Gasteiger partial charge is 0.336 e. The lowest BCUT2D eigenvalue weighted by Crippen LogP contribution is -2.30. The molecule has 30 heavy (non-hydrogen) atoms. The molecule has 0 bridgehead atoms. The molecule has 0 fully saturated rings. The minimum atomic E-state index is -0.373. The van der Waals surface area contributed by atoms with Crippen molar-refractivity contribution in [3.05, 3.63) is 74.6 Å². The Morgan fingerprint density at radius 1 is 1.07 bits per heavy atom. The van der Waals surface area contributed by atoms with Crippen LogP contribution in [-0.2, 0) is 11.3 Å². The fraction of sp³-hybridized carbons (Fsp3) is 0.360. The van der Waals surface area contributed by atoms with Gasteiger partial charge in [0.2, 0.25) is 5.91 Å². The van der Waals surface area contributed by atoms with E-state index in [9.17, 15) is 9.59 Å². The molecule has 3 rings (SSSR count). The standard InChI is InChI=1S/C25H30N2O3/c1-15(2)20-12-21-19(11-24(29)30-22(21)10-18(20)5)13-27(6)14-23(28)26-25-16(3)8-7-9-17(25)4/h7-12,15H,13-14H2,1-6H3,(H,26,28). The molecule has 1 N–H and O–H groups in total. The number of anilines is 1. The molecular weight excluding hydrogens is 376 g/mol. The van der Waals surface area contributed by atoms with Gasteiger partial charge in [0.15, 0.2) is 0 Å². The van der Waals surface area contributed by atoms with Gasteiger partial charge in [-0.2, -0.15) is 0 Å². The van der Waals surface area contributed by atoms with Crippen LogP contribution in [0.5, 0.6) is 0 Å². The molecule has 158 valence electrons. The number of nitrogens with one attached hydrogen (secondary N) is 1. The van der Waals surface area contributed by atoms with Crippen LogP contribution >= 0.6 is 0 Å². The average Bonchev–Trinajstić information content (AvgIpc) is 2.63. The average molecular weight is 407 g/mol. The topological polar surface area (TPSA) is 62.6 Å². The lowest BCUT2D eigenvalue weighted by Gasteiger charge is -2.19. The SMILES string of the molecule is Cc1cc2oc(=O)cc(CN(C)CC(=O)Nc3c(C)cccc3C)c2cc1C(C)C. The van der Waals surface area contributed by atoms with E-state index in [1.165, 1.54) is 11.6 Å². The number of likely N-dealkylation sites (N-methyl/N-ethyl adjacent to an activating group) is 1. The third kappa shape index (κ3) is 4.79. The van der Waals surface area contributed by atoms with Gasteiger partial charge in [0, 0.05) is 23.7 Å². The molecule has 0 aliphatic rings. The lowest BCUT2D eigenvalue weighted by atomic mass is 9.95. The molecule has 0 aliphatic heterocycles. The molecule has 1 aromatic heterocycles. The normalized spacial score (nSPS) is 11.5. The molecule has 0 saturated heterocycles. The van der Waals surface area contributed by atoms with Crippen LogP contribution in [0.15, 0.2) is 45.6 Å². The number of hydrogen-bond donors (Lipinski definition) is 1. The van der Waals surface area contributed by atoms with Crippen molar-refractivity contribution in [2.75, 3.05) is 18.9 Å². The number of hydrogen-bond acceptors (Lipinski definition) is 4. The molecule has 0 unspecified atom stereocenters. The molecule has 0 saturated carbocycles. The van der Waals surface area contributed by atoms with Crippen LogP contribution in [0.2, 0.25) is 0 Å². The highest BCUT2D eigenvalue weighted by molar-refractivity contribution is 5.93. The van der Waals surface area contributed by atoms with E-state index in [0.717, 1.165) is 33.3 Å². The highest BCUT2D eigenvalue weighted by Gasteiger charge is 2.15. The largest absolute Gasteiger partial charge is 0.423 e. The van der Waals surface area contributed by atoms with Crippen molar-refractivity contribution in [1.29, 1.82) is 0 Å². The Morgan fingerprint density at radius 2 is 1.73 bits per heavy atom. The first kappa shape index (κ1) is 21.8. The van der Waals surface area contributed by atoms with Crippen LogP contribution in [-0.4, -0.2) is 24.4 Å². The summed E-state index contributed by atoms with van der Waals surface area (Å²) in [5, 5.41) is 3.94. The van der Waals surface area contributed by atoms with E-state index in [4.69, 9.17) is 4.42 Å². The number of aryl methyl sites for hydroxylation is 3. The number of para-hydroxylation sites is 1. The van der Waals surface area contributed by atoms with Gasteiger partial charge in [-0.25, -0.2) is 4.79 Å². The summed E-state index contributed by atoms with van der Waals surface area (Å²) in [4.78, 5) is 26.6. The van der Waals surface area contributed by atoms with E-state index >= 15 is 0 Å². The zero-order chi connectivity index (χ0) is 22.0. The van der Waals surface area contributed by atoms with Crippen LogP contribution in [0, 0.1) is 20.8 Å². The second-order valence-corrected chi connectivity index (χ2v) is 8.44. The van der Waals surface area contributed by atoms with Gasteiger partial charge >= 0.3 is 5.63 Å². The maximum absolute atomic E-state index is 12.6. The van der Waals surface area contributed by atoms with Gasteiger partial charge in [-0.05, 0) is 73.7 Å². The molecule has 0 spiro atoms. The number of benzene rings is 2. The second-order valence-electron chi connectivity index (χ2n) is 8.44. The molecule has 0 aliphatic carbocycles. The number of fused-ring (bicyclic) bond motifs is 1. The molecule has 5 nitrogen and oxygen atoms in total. The quantitative estimate of drug-likeness (QED) is 0.591. The first-order valence-corrected chi connectivity index (χ1v) is 10.3. The third-order valence-corrected chi connectivity index (χ3v) is 5.44. The van der Waals surface area contributed by atoms with E-state index in [0.29, 0.717) is 18.0 Å². The van der Waals surface area contributed by atoms with Crippen molar-refractivity contribution in [3.8, 4) is 0 Å². The highest BCUT2D eigenvalue weighted by atomic mass is 16.4. The Kier molecular flexibility index (Phi) is 6.42. The maximum Gasteiger partial charge on any atom is 0.336 e.